The Balaban J connectivity index is 1.95. The van der Waals surface area contributed by atoms with Gasteiger partial charge in [0.05, 0.1) is 25.2 Å². The van der Waals surface area contributed by atoms with E-state index in [0.717, 1.165) is 55.0 Å². The average molecular weight is 425 g/mol. The van der Waals surface area contributed by atoms with Crippen molar-refractivity contribution in [2.75, 3.05) is 32.2 Å². The van der Waals surface area contributed by atoms with Crippen LogP contribution in [-0.4, -0.2) is 41.9 Å². The zero-order valence-electron chi connectivity index (χ0n) is 19.7. The first-order valence-electron chi connectivity index (χ1n) is 11.7. The second kappa shape index (κ2) is 9.43. The van der Waals surface area contributed by atoms with Crippen LogP contribution >= 0.6 is 0 Å². The summed E-state index contributed by atoms with van der Waals surface area (Å²) in [4.78, 5) is 7.69. The maximum absolute atomic E-state index is 5.57. The Bertz CT molecular complexity index is 1000. The van der Waals surface area contributed by atoms with Crippen LogP contribution in [0.1, 0.15) is 69.0 Å². The molecule has 0 fully saturated rings. The highest BCUT2D eigenvalue weighted by molar-refractivity contribution is 5.82. The summed E-state index contributed by atoms with van der Waals surface area (Å²) in [5.74, 6) is 2.60. The number of fused-ring (bicyclic) bond motifs is 2. The number of hydrogen-bond donors (Lipinski definition) is 0. The molecular weight excluding hydrogens is 388 g/mol. The molecule has 0 saturated heterocycles. The molecule has 0 spiro atoms. The van der Waals surface area contributed by atoms with E-state index in [9.17, 15) is 0 Å². The molecule has 6 nitrogen and oxygen atoms in total. The number of methoxy groups -OCH3 is 2. The molecule has 1 unspecified atom stereocenters. The standard InChI is InChI=1S/C25H36N4O2/c1-6-8-14-28(7-2)25-20-10-9-11-21(20)26-24-23(22(16-30-4)27-29(24)25)19-13-12-18(31-5)15-17(19)3/h12-13,17H,6-11,14-16H2,1-5H3. The van der Waals surface area contributed by atoms with E-state index in [2.05, 4.69) is 42.3 Å². The number of allylic oxidation sites excluding steroid dienone is 4. The fourth-order valence-electron chi connectivity index (χ4n) is 4.98. The number of aromatic nitrogens is 3. The van der Waals surface area contributed by atoms with Gasteiger partial charge >= 0.3 is 0 Å². The Morgan fingerprint density at radius 3 is 2.71 bits per heavy atom. The minimum atomic E-state index is 0.337. The van der Waals surface area contributed by atoms with E-state index < -0.39 is 0 Å². The largest absolute Gasteiger partial charge is 0.501 e. The van der Waals surface area contributed by atoms with Gasteiger partial charge in [0.2, 0.25) is 0 Å². The zero-order chi connectivity index (χ0) is 22.0. The highest BCUT2D eigenvalue weighted by atomic mass is 16.5. The number of aryl methyl sites for hydroxylation is 1. The Hall–Kier alpha value is -2.34. The molecule has 168 valence electrons. The maximum Gasteiger partial charge on any atom is 0.165 e. The van der Waals surface area contributed by atoms with Crippen molar-refractivity contribution in [3.63, 3.8) is 0 Å². The second-order valence-electron chi connectivity index (χ2n) is 8.70. The van der Waals surface area contributed by atoms with Crippen molar-refractivity contribution in [2.24, 2.45) is 5.92 Å². The molecule has 0 bridgehead atoms. The summed E-state index contributed by atoms with van der Waals surface area (Å²) in [5, 5.41) is 5.10. The van der Waals surface area contributed by atoms with E-state index >= 15 is 0 Å². The number of anilines is 1. The molecule has 0 saturated carbocycles. The van der Waals surface area contributed by atoms with Crippen molar-refractivity contribution in [3.05, 3.63) is 40.4 Å². The van der Waals surface area contributed by atoms with Gasteiger partial charge in [-0.3, -0.25) is 0 Å². The third-order valence-corrected chi connectivity index (χ3v) is 6.62. The first-order chi connectivity index (χ1) is 15.1. The summed E-state index contributed by atoms with van der Waals surface area (Å²) in [6.45, 7) is 9.25. The first-order valence-corrected chi connectivity index (χ1v) is 11.7. The van der Waals surface area contributed by atoms with Crippen molar-refractivity contribution in [1.82, 2.24) is 14.6 Å². The molecule has 2 aromatic rings. The van der Waals surface area contributed by atoms with Crippen LogP contribution in [0, 0.1) is 5.92 Å². The molecule has 2 aromatic heterocycles. The number of rotatable bonds is 9. The lowest BCUT2D eigenvalue weighted by Gasteiger charge is -2.26. The molecule has 0 aromatic carbocycles. The van der Waals surface area contributed by atoms with Crippen LogP contribution < -0.4 is 4.90 Å². The number of unbranched alkanes of at least 4 members (excludes halogenated alkanes) is 1. The average Bonchev–Trinajstić information content (AvgIpc) is 3.38. The highest BCUT2D eigenvalue weighted by Crippen LogP contribution is 2.39. The summed E-state index contributed by atoms with van der Waals surface area (Å²) < 4.78 is 13.2. The van der Waals surface area contributed by atoms with Gasteiger partial charge in [0.15, 0.2) is 5.65 Å². The summed E-state index contributed by atoms with van der Waals surface area (Å²) >= 11 is 0. The Morgan fingerprint density at radius 2 is 2.03 bits per heavy atom. The summed E-state index contributed by atoms with van der Waals surface area (Å²) in [7, 11) is 3.49. The molecule has 6 heteroatoms. The molecular formula is C25H36N4O2. The van der Waals surface area contributed by atoms with Gasteiger partial charge in [-0.1, -0.05) is 26.3 Å². The lowest BCUT2D eigenvalue weighted by molar-refractivity contribution is 0.181. The second-order valence-corrected chi connectivity index (χ2v) is 8.70. The van der Waals surface area contributed by atoms with Crippen LogP contribution in [0.2, 0.25) is 0 Å². The van der Waals surface area contributed by atoms with Crippen molar-refractivity contribution >= 4 is 17.0 Å². The van der Waals surface area contributed by atoms with Gasteiger partial charge in [-0.25, -0.2) is 4.98 Å². The SMILES string of the molecule is CCCCN(CC)c1c2c(nc3c(C4=CC=C(OC)CC4C)c(COC)nn13)CCC2. The predicted octanol–water partition coefficient (Wildman–Crippen LogP) is 4.94. The zero-order valence-corrected chi connectivity index (χ0v) is 19.7. The monoisotopic (exact) mass is 424 g/mol. The summed E-state index contributed by atoms with van der Waals surface area (Å²) in [6.07, 6.45) is 10.8. The van der Waals surface area contributed by atoms with E-state index in [1.807, 2.05) is 0 Å². The molecule has 2 heterocycles. The summed E-state index contributed by atoms with van der Waals surface area (Å²) in [6, 6.07) is 0. The maximum atomic E-state index is 5.57. The van der Waals surface area contributed by atoms with Crippen LogP contribution in [0.4, 0.5) is 5.82 Å². The molecule has 0 amide bonds. The van der Waals surface area contributed by atoms with E-state index in [1.165, 1.54) is 41.9 Å². The Labute approximate surface area is 185 Å². The van der Waals surface area contributed by atoms with Crippen molar-refractivity contribution in [1.29, 1.82) is 0 Å². The van der Waals surface area contributed by atoms with Crippen LogP contribution in [0.25, 0.3) is 11.2 Å². The number of nitrogens with zero attached hydrogens (tertiary/aromatic N) is 4. The van der Waals surface area contributed by atoms with Crippen molar-refractivity contribution < 1.29 is 9.47 Å². The molecule has 4 rings (SSSR count). The number of ether oxygens (including phenoxy) is 2. The molecule has 31 heavy (non-hydrogen) atoms. The van der Waals surface area contributed by atoms with E-state index in [1.54, 1.807) is 14.2 Å². The van der Waals surface area contributed by atoms with Gasteiger partial charge in [-0.05, 0) is 50.2 Å². The lowest BCUT2D eigenvalue weighted by atomic mass is 9.87. The van der Waals surface area contributed by atoms with E-state index in [-0.39, 0.29) is 0 Å². The molecule has 1 atom stereocenters. The van der Waals surface area contributed by atoms with Crippen molar-refractivity contribution in [3.8, 4) is 0 Å². The molecule has 0 aliphatic heterocycles. The van der Waals surface area contributed by atoms with E-state index in [4.69, 9.17) is 19.6 Å². The predicted molar refractivity (Wildman–Crippen MR) is 125 cm³/mol. The van der Waals surface area contributed by atoms with Gasteiger partial charge in [0.25, 0.3) is 0 Å². The topological polar surface area (TPSA) is 51.9 Å². The van der Waals surface area contributed by atoms with Gasteiger partial charge < -0.3 is 14.4 Å². The fourth-order valence-corrected chi connectivity index (χ4v) is 4.98. The first kappa shape index (κ1) is 21.9. The normalized spacial score (nSPS) is 18.2. The number of hydrogen-bond acceptors (Lipinski definition) is 5. The minimum absolute atomic E-state index is 0.337. The fraction of sp³-hybridized carbons (Fsp3) is 0.600. The highest BCUT2D eigenvalue weighted by Gasteiger charge is 2.30. The lowest BCUT2D eigenvalue weighted by Crippen LogP contribution is -2.28. The third-order valence-electron chi connectivity index (χ3n) is 6.62. The van der Waals surface area contributed by atoms with Crippen LogP contribution in [0.5, 0.6) is 0 Å². The van der Waals surface area contributed by atoms with Crippen molar-refractivity contribution in [2.45, 2.75) is 65.9 Å². The van der Waals surface area contributed by atoms with E-state index in [0.29, 0.717) is 12.5 Å². The van der Waals surface area contributed by atoms with Crippen LogP contribution in [0.15, 0.2) is 17.9 Å². The molecule has 0 N–H and O–H groups in total. The third kappa shape index (κ3) is 3.98. The quantitative estimate of drug-likeness (QED) is 0.570. The van der Waals surface area contributed by atoms with Gasteiger partial charge in [-0.15, -0.1) is 0 Å². The Kier molecular flexibility index (Phi) is 6.65. The summed E-state index contributed by atoms with van der Waals surface area (Å²) in [5.41, 5.74) is 7.00. The van der Waals surface area contributed by atoms with Crippen LogP contribution in [0.3, 0.4) is 0 Å². The van der Waals surface area contributed by atoms with Gasteiger partial charge in [0, 0.05) is 43.4 Å². The molecule has 0 radical (unpaired) electrons. The Morgan fingerprint density at radius 1 is 1.19 bits per heavy atom. The van der Waals surface area contributed by atoms with Gasteiger partial charge in [-0.2, -0.15) is 9.61 Å². The minimum Gasteiger partial charge on any atom is -0.501 e. The molecule has 2 aliphatic rings. The smallest absolute Gasteiger partial charge is 0.165 e. The van der Waals surface area contributed by atoms with Gasteiger partial charge in [0.1, 0.15) is 5.82 Å². The van der Waals surface area contributed by atoms with Crippen LogP contribution in [-0.2, 0) is 28.9 Å². The molecule has 2 aliphatic carbocycles.